The Morgan fingerprint density at radius 1 is 1.27 bits per heavy atom. The van der Waals surface area contributed by atoms with Crippen molar-refractivity contribution in [3.63, 3.8) is 0 Å². The molecular weight excluding hydrogens is 624 g/mol. The first-order valence-electron chi connectivity index (χ1n) is 11.3. The zero-order valence-corrected chi connectivity index (χ0v) is 26.7. The van der Waals surface area contributed by atoms with Crippen LogP contribution in [-0.2, 0) is 19.2 Å². The van der Waals surface area contributed by atoms with Gasteiger partial charge in [0.15, 0.2) is 26.7 Å². The van der Waals surface area contributed by atoms with Gasteiger partial charge >= 0.3 is 29.6 Å². The number of carboxylic acids is 1. The number of nitrogens with one attached hydrogen (secondary N) is 1. The summed E-state index contributed by atoms with van der Waals surface area (Å²) in [4.78, 5) is 52.4. The number of fused-ring (bicyclic) bond motifs is 1. The quantitative estimate of drug-likeness (QED) is 0.0491. The van der Waals surface area contributed by atoms with E-state index >= 15 is 0 Å². The van der Waals surface area contributed by atoms with Crippen LogP contribution >= 0.6 is 46.2 Å². The van der Waals surface area contributed by atoms with E-state index in [1.807, 2.05) is 0 Å². The number of β-lactam (4-membered cyclic amide) rings is 1. The summed E-state index contributed by atoms with van der Waals surface area (Å²) in [7, 11) is 1.26. The average molecular weight is 643 g/mol. The number of carbonyl (C=O) groups excluding carboxylic acids is 3. The summed E-state index contributed by atoms with van der Waals surface area (Å²) in [6, 6.07) is 3.40. The Morgan fingerprint density at radius 3 is 2.71 bits per heavy atom. The van der Waals surface area contributed by atoms with Crippen LogP contribution in [-0.4, -0.2) is 78.6 Å². The van der Waals surface area contributed by atoms with E-state index in [4.69, 9.17) is 10.6 Å². The molecule has 1 saturated heterocycles. The van der Waals surface area contributed by atoms with E-state index in [0.29, 0.717) is 26.9 Å². The van der Waals surface area contributed by atoms with Crippen molar-refractivity contribution in [3.8, 4) is 22.8 Å². The second kappa shape index (κ2) is 13.0. The Bertz CT molecular complexity index is 1580. The summed E-state index contributed by atoms with van der Waals surface area (Å²) < 4.78 is 0.646. The first-order valence-corrected chi connectivity index (χ1v) is 15.1. The molecule has 0 radical (unpaired) electrons. The van der Waals surface area contributed by atoms with E-state index in [9.17, 15) is 29.7 Å². The number of aromatic nitrogens is 2. The van der Waals surface area contributed by atoms with Crippen molar-refractivity contribution in [1.29, 1.82) is 0 Å². The van der Waals surface area contributed by atoms with E-state index in [1.54, 1.807) is 11.4 Å². The third-order valence-electron chi connectivity index (χ3n) is 5.81. The fraction of sp³-hybridized carbons (Fsp3) is 0.217. The molecule has 2 amide bonds. The van der Waals surface area contributed by atoms with Gasteiger partial charge in [-0.25, -0.2) is 9.97 Å². The second-order valence-electron chi connectivity index (χ2n) is 8.28. The van der Waals surface area contributed by atoms with Crippen LogP contribution in [0.2, 0.25) is 0 Å². The van der Waals surface area contributed by atoms with Crippen LogP contribution in [0.25, 0.3) is 11.3 Å². The number of carboxylic acid groups (broad SMARTS) is 1. The summed E-state index contributed by atoms with van der Waals surface area (Å²) in [6.07, 6.45) is 0. The minimum absolute atomic E-state index is 0. The monoisotopic (exact) mass is 642 g/mol. The summed E-state index contributed by atoms with van der Waals surface area (Å²) in [6.45, 7) is 0. The number of anilines is 1. The van der Waals surface area contributed by atoms with Crippen LogP contribution in [0, 0.1) is 0 Å². The van der Waals surface area contributed by atoms with Crippen molar-refractivity contribution in [3.05, 3.63) is 45.9 Å². The number of hydrogen-bond acceptors (Lipinski definition) is 15. The maximum absolute atomic E-state index is 13.0. The SMILES string of the molecule is CON=C(C(=O)N[C@@H]1C(=O)N2C(C(=O)[O-])=C(CSc3nc(-c4ccc(O)c(O)c4)cs3)CS[C@H]12)c1csc(N)n1.[Na+]. The van der Waals surface area contributed by atoms with Crippen molar-refractivity contribution < 1.29 is 64.1 Å². The van der Waals surface area contributed by atoms with E-state index in [0.717, 1.165) is 16.2 Å². The molecule has 0 unspecified atom stereocenters. The van der Waals surface area contributed by atoms with Crippen molar-refractivity contribution in [2.45, 2.75) is 15.8 Å². The van der Waals surface area contributed by atoms with Gasteiger partial charge in [0.1, 0.15) is 24.2 Å². The number of phenols is 2. The van der Waals surface area contributed by atoms with Crippen molar-refractivity contribution in [2.75, 3.05) is 24.3 Å². The number of rotatable bonds is 9. The smallest absolute Gasteiger partial charge is 0.543 e. The molecule has 1 aromatic carbocycles. The standard InChI is InChI=1S/C23H20N6O7S4.Na/c1-36-28-15(12-8-38-22(24)25-12)18(32)27-16-19(33)29-17(21(34)35)10(5-37-20(16)29)6-39-23-26-11(7-40-23)9-2-3-13(30)14(31)4-9;/h2-4,7-8,16,20,30-31H,5-6H2,1H3,(H2,24,25)(H,27,32)(H,34,35);/q;+1/p-1/t16-,20-;/m1./s1. The fourth-order valence-corrected chi connectivity index (χ4v) is 7.84. The zero-order valence-electron chi connectivity index (χ0n) is 21.4. The number of amides is 2. The molecule has 3 aromatic rings. The van der Waals surface area contributed by atoms with Gasteiger partial charge in [0, 0.05) is 27.8 Å². The molecule has 0 aliphatic carbocycles. The van der Waals surface area contributed by atoms with Gasteiger partial charge in [-0.1, -0.05) is 16.9 Å². The summed E-state index contributed by atoms with van der Waals surface area (Å²) in [5.41, 5.74) is 7.13. The Labute approximate surface area is 271 Å². The second-order valence-corrected chi connectivity index (χ2v) is 12.4. The van der Waals surface area contributed by atoms with E-state index in [1.165, 1.54) is 59.5 Å². The van der Waals surface area contributed by atoms with Gasteiger partial charge in [0.05, 0.1) is 17.4 Å². The molecule has 0 spiro atoms. The van der Waals surface area contributed by atoms with Gasteiger partial charge in [0.2, 0.25) is 0 Å². The minimum atomic E-state index is -1.49. The van der Waals surface area contributed by atoms with Crippen molar-refractivity contribution in [2.24, 2.45) is 5.16 Å². The molecule has 0 bridgehead atoms. The number of nitrogens with two attached hydrogens (primary N) is 1. The molecule has 2 aromatic heterocycles. The fourth-order valence-electron chi connectivity index (χ4n) is 3.97. The molecule has 5 rings (SSSR count). The van der Waals surface area contributed by atoms with E-state index < -0.39 is 29.2 Å². The predicted molar refractivity (Wildman–Crippen MR) is 149 cm³/mol. The van der Waals surface area contributed by atoms with Crippen LogP contribution in [0.3, 0.4) is 0 Å². The number of aromatic hydroxyl groups is 2. The van der Waals surface area contributed by atoms with Gasteiger partial charge in [0.25, 0.3) is 11.8 Å². The summed E-state index contributed by atoms with van der Waals surface area (Å²) in [5.74, 6) is -2.76. The molecule has 1 fully saturated rings. The number of oxime groups is 1. The molecule has 5 N–H and O–H groups in total. The predicted octanol–water partition coefficient (Wildman–Crippen LogP) is -2.19. The summed E-state index contributed by atoms with van der Waals surface area (Å²) >= 11 is 5.06. The largest absolute Gasteiger partial charge is 1.00 e. The molecule has 208 valence electrons. The molecule has 13 nitrogen and oxygen atoms in total. The number of benzene rings is 1. The number of nitrogen functional groups attached to an aromatic ring is 1. The maximum Gasteiger partial charge on any atom is 1.00 e. The first-order chi connectivity index (χ1) is 19.2. The number of phenolic OH excluding ortho intramolecular Hbond substituents is 2. The first kappa shape index (κ1) is 31.1. The molecule has 2 aliphatic rings. The number of thioether (sulfide) groups is 2. The van der Waals surface area contributed by atoms with Crippen molar-refractivity contribution in [1.82, 2.24) is 20.2 Å². The third kappa shape index (κ3) is 6.35. The number of aliphatic carboxylic acids is 1. The van der Waals surface area contributed by atoms with E-state index in [-0.39, 0.29) is 69.0 Å². The Morgan fingerprint density at radius 2 is 2.05 bits per heavy atom. The molecule has 2 atom stereocenters. The van der Waals surface area contributed by atoms with Crippen molar-refractivity contribution >= 4 is 74.8 Å². The van der Waals surface area contributed by atoms with Gasteiger partial charge in [-0.05, 0) is 23.8 Å². The Kier molecular flexibility index (Phi) is 9.89. The van der Waals surface area contributed by atoms with Gasteiger partial charge in [-0.2, -0.15) is 0 Å². The molecule has 0 saturated carbocycles. The Hall–Kier alpha value is -2.80. The van der Waals surface area contributed by atoms with Crippen LogP contribution in [0.15, 0.2) is 49.7 Å². The summed E-state index contributed by atoms with van der Waals surface area (Å²) in [5, 5.41) is 40.5. The van der Waals surface area contributed by atoms with Crippen LogP contribution in [0.4, 0.5) is 5.13 Å². The zero-order chi connectivity index (χ0) is 28.6. The van der Waals surface area contributed by atoms with Gasteiger partial charge in [-0.3, -0.25) is 14.5 Å². The number of thiazole rings is 2. The number of hydrogen-bond donors (Lipinski definition) is 4. The normalized spacial score (nSPS) is 18.3. The third-order valence-corrected chi connectivity index (χ3v) is 9.93. The Balaban J connectivity index is 0.00000387. The van der Waals surface area contributed by atoms with Gasteiger partial charge in [-0.15, -0.1) is 34.4 Å². The maximum atomic E-state index is 13.0. The molecular formula is C23H19N6NaO7S4. The van der Waals surface area contributed by atoms with Crippen LogP contribution in [0.5, 0.6) is 11.5 Å². The number of nitrogens with zero attached hydrogens (tertiary/aromatic N) is 4. The van der Waals surface area contributed by atoms with E-state index in [2.05, 4.69) is 20.4 Å². The van der Waals surface area contributed by atoms with Crippen LogP contribution < -0.4 is 45.7 Å². The molecule has 2 aliphatic heterocycles. The van der Waals surface area contributed by atoms with Crippen LogP contribution in [0.1, 0.15) is 5.69 Å². The topological polar surface area (TPSA) is 203 Å². The number of carbonyl (C=O) groups is 3. The minimum Gasteiger partial charge on any atom is -0.543 e. The van der Waals surface area contributed by atoms with Gasteiger partial charge < -0.3 is 36.0 Å². The average Bonchev–Trinajstić information content (AvgIpc) is 3.59. The molecule has 18 heteroatoms. The molecule has 4 heterocycles. The molecule has 41 heavy (non-hydrogen) atoms.